The van der Waals surface area contributed by atoms with Gasteiger partial charge in [-0.15, -0.1) is 12.3 Å². The molecular formula is C13H31NSi2. The molecule has 0 radical (unpaired) electrons. The Kier molecular flexibility index (Phi) is 7.52. The third kappa shape index (κ3) is 5.46. The van der Waals surface area contributed by atoms with Crippen molar-refractivity contribution in [3.63, 3.8) is 0 Å². The van der Waals surface area contributed by atoms with Gasteiger partial charge >= 0.3 is 0 Å². The van der Waals surface area contributed by atoms with E-state index in [1.54, 1.807) is 0 Å². The smallest absolute Gasteiger partial charge is 0.0722 e. The van der Waals surface area contributed by atoms with E-state index >= 15 is 0 Å². The van der Waals surface area contributed by atoms with E-state index in [1.165, 1.54) is 36.9 Å². The standard InChI is InChI=1S/C13H31NSi2/c1-7-15(5,6)12-11-14-13-16(8-2,9-3)10-4/h7,14H,1,8-13H2,2-6H3. The average Bonchev–Trinajstić information content (AvgIpc) is 2.30. The quantitative estimate of drug-likeness (QED) is 0.485. The number of hydrogen-bond acceptors (Lipinski definition) is 1. The van der Waals surface area contributed by atoms with Crippen molar-refractivity contribution >= 4 is 16.1 Å². The van der Waals surface area contributed by atoms with Crippen LogP contribution in [-0.2, 0) is 0 Å². The fourth-order valence-electron chi connectivity index (χ4n) is 1.99. The summed E-state index contributed by atoms with van der Waals surface area (Å²) in [5.74, 6) is 0. The summed E-state index contributed by atoms with van der Waals surface area (Å²) < 4.78 is 0. The molecule has 0 spiro atoms. The van der Waals surface area contributed by atoms with Crippen LogP contribution in [0.25, 0.3) is 0 Å². The van der Waals surface area contributed by atoms with Crippen LogP contribution in [-0.4, -0.2) is 28.9 Å². The van der Waals surface area contributed by atoms with E-state index in [1.807, 2.05) is 0 Å². The molecule has 0 saturated heterocycles. The highest BCUT2D eigenvalue weighted by molar-refractivity contribution is 6.82. The lowest BCUT2D eigenvalue weighted by atomic mass is 10.8. The fraction of sp³-hybridized carbons (Fsp3) is 0.846. The minimum absolute atomic E-state index is 0.945. The fourth-order valence-corrected chi connectivity index (χ4v) is 5.97. The molecule has 0 aromatic rings. The molecule has 0 unspecified atom stereocenters. The predicted molar refractivity (Wildman–Crippen MR) is 82.6 cm³/mol. The van der Waals surface area contributed by atoms with Crippen LogP contribution in [0.4, 0.5) is 0 Å². The third-order valence-corrected chi connectivity index (χ3v) is 12.4. The predicted octanol–water partition coefficient (Wildman–Crippen LogP) is 4.06. The summed E-state index contributed by atoms with van der Waals surface area (Å²) in [5, 5.41) is 3.72. The van der Waals surface area contributed by atoms with Crippen molar-refractivity contribution in [2.24, 2.45) is 0 Å². The van der Waals surface area contributed by atoms with E-state index in [0.717, 1.165) is 0 Å². The maximum atomic E-state index is 3.95. The SMILES string of the molecule is C=C[Si](C)(C)CCNC[Si](CC)(CC)CC. The van der Waals surface area contributed by atoms with Gasteiger partial charge < -0.3 is 5.32 Å². The third-order valence-electron chi connectivity index (χ3n) is 4.25. The highest BCUT2D eigenvalue weighted by Gasteiger charge is 2.26. The van der Waals surface area contributed by atoms with Gasteiger partial charge in [-0.25, -0.2) is 0 Å². The Labute approximate surface area is 105 Å². The zero-order valence-corrected chi connectivity index (χ0v) is 14.0. The largest absolute Gasteiger partial charge is 0.320 e. The van der Waals surface area contributed by atoms with Crippen molar-refractivity contribution in [2.45, 2.75) is 58.0 Å². The van der Waals surface area contributed by atoms with Gasteiger partial charge in [0, 0.05) is 0 Å². The average molecular weight is 258 g/mol. The van der Waals surface area contributed by atoms with Crippen molar-refractivity contribution in [3.8, 4) is 0 Å². The minimum atomic E-state index is -1.09. The van der Waals surface area contributed by atoms with E-state index < -0.39 is 16.1 Å². The van der Waals surface area contributed by atoms with Gasteiger partial charge in [-0.3, -0.25) is 0 Å². The Hall–Kier alpha value is 0.134. The molecule has 16 heavy (non-hydrogen) atoms. The first-order valence-corrected chi connectivity index (χ1v) is 12.9. The van der Waals surface area contributed by atoms with E-state index in [0.29, 0.717) is 0 Å². The van der Waals surface area contributed by atoms with Gasteiger partial charge in [-0.05, 0) is 18.8 Å². The zero-order chi connectivity index (χ0) is 12.7. The summed E-state index contributed by atoms with van der Waals surface area (Å²) in [6.07, 6.45) is 1.32. The number of hydrogen-bond donors (Lipinski definition) is 1. The molecule has 0 aromatic carbocycles. The lowest BCUT2D eigenvalue weighted by Crippen LogP contribution is -2.44. The molecule has 0 saturated carbocycles. The molecule has 0 aliphatic rings. The van der Waals surface area contributed by atoms with E-state index in [-0.39, 0.29) is 0 Å². The summed E-state index contributed by atoms with van der Waals surface area (Å²) in [6.45, 7) is 17.1. The van der Waals surface area contributed by atoms with E-state index in [4.69, 9.17) is 0 Å². The van der Waals surface area contributed by atoms with Gasteiger partial charge in [-0.1, -0.05) is 52.0 Å². The first-order valence-electron chi connectivity index (χ1n) is 6.79. The molecule has 1 nitrogen and oxygen atoms in total. The molecule has 0 aliphatic carbocycles. The maximum absolute atomic E-state index is 3.95. The molecule has 3 heteroatoms. The molecule has 0 rings (SSSR count). The summed E-state index contributed by atoms with van der Waals surface area (Å²) >= 11 is 0. The van der Waals surface area contributed by atoms with Gasteiger partial charge in [0.25, 0.3) is 0 Å². The highest BCUT2D eigenvalue weighted by atomic mass is 28.3. The Morgan fingerprint density at radius 1 is 1.06 bits per heavy atom. The lowest BCUT2D eigenvalue weighted by molar-refractivity contribution is 0.796. The van der Waals surface area contributed by atoms with E-state index in [9.17, 15) is 0 Å². The second-order valence-electron chi connectivity index (χ2n) is 5.68. The van der Waals surface area contributed by atoms with Crippen LogP contribution < -0.4 is 5.32 Å². The number of rotatable bonds is 9. The second-order valence-corrected chi connectivity index (χ2v) is 16.0. The normalized spacial score (nSPS) is 12.8. The second kappa shape index (κ2) is 7.46. The van der Waals surface area contributed by atoms with Crippen LogP contribution in [0, 0.1) is 0 Å². The van der Waals surface area contributed by atoms with Gasteiger partial charge in [-0.2, -0.15) is 0 Å². The zero-order valence-electron chi connectivity index (χ0n) is 12.0. The molecule has 0 aliphatic heterocycles. The van der Waals surface area contributed by atoms with Crippen molar-refractivity contribution in [3.05, 3.63) is 12.3 Å². The van der Waals surface area contributed by atoms with Crippen molar-refractivity contribution in [1.82, 2.24) is 5.32 Å². The minimum Gasteiger partial charge on any atom is -0.320 e. The molecule has 0 aromatic heterocycles. The molecule has 0 amide bonds. The first-order chi connectivity index (χ1) is 7.45. The Balaban J connectivity index is 3.92. The summed E-state index contributed by atoms with van der Waals surface area (Å²) in [6, 6.07) is 5.61. The molecule has 0 fully saturated rings. The van der Waals surface area contributed by atoms with Crippen molar-refractivity contribution in [1.29, 1.82) is 0 Å². The van der Waals surface area contributed by atoms with Crippen LogP contribution in [0.1, 0.15) is 20.8 Å². The molecular weight excluding hydrogens is 226 g/mol. The van der Waals surface area contributed by atoms with Gasteiger partial charge in [0.15, 0.2) is 0 Å². The summed E-state index contributed by atoms with van der Waals surface area (Å²) in [7, 11) is -2.03. The van der Waals surface area contributed by atoms with Crippen LogP contribution >= 0.6 is 0 Å². The van der Waals surface area contributed by atoms with Crippen LogP contribution in [0.5, 0.6) is 0 Å². The van der Waals surface area contributed by atoms with E-state index in [2.05, 4.69) is 51.5 Å². The highest BCUT2D eigenvalue weighted by Crippen LogP contribution is 2.19. The lowest BCUT2D eigenvalue weighted by Gasteiger charge is -2.29. The Morgan fingerprint density at radius 3 is 1.94 bits per heavy atom. The molecule has 0 atom stereocenters. The molecule has 96 valence electrons. The first kappa shape index (κ1) is 16.1. The molecule has 0 heterocycles. The maximum Gasteiger partial charge on any atom is 0.0722 e. The monoisotopic (exact) mass is 257 g/mol. The van der Waals surface area contributed by atoms with Crippen molar-refractivity contribution in [2.75, 3.05) is 12.7 Å². The van der Waals surface area contributed by atoms with Crippen LogP contribution in [0.3, 0.4) is 0 Å². The summed E-state index contributed by atoms with van der Waals surface area (Å²) in [5.41, 5.74) is 2.21. The van der Waals surface area contributed by atoms with Crippen LogP contribution in [0.2, 0.25) is 37.3 Å². The van der Waals surface area contributed by atoms with Crippen molar-refractivity contribution < 1.29 is 0 Å². The van der Waals surface area contributed by atoms with Gasteiger partial charge in [0.05, 0.1) is 16.1 Å². The molecule has 0 bridgehead atoms. The Bertz CT molecular complexity index is 190. The number of nitrogens with one attached hydrogen (secondary N) is 1. The van der Waals surface area contributed by atoms with Gasteiger partial charge in [0.1, 0.15) is 0 Å². The Morgan fingerprint density at radius 2 is 1.56 bits per heavy atom. The van der Waals surface area contributed by atoms with Crippen LogP contribution in [0.15, 0.2) is 12.3 Å². The summed E-state index contributed by atoms with van der Waals surface area (Å²) in [4.78, 5) is 0. The van der Waals surface area contributed by atoms with Gasteiger partial charge in [0.2, 0.25) is 0 Å². The molecule has 1 N–H and O–H groups in total. The topological polar surface area (TPSA) is 12.0 Å².